The van der Waals surface area contributed by atoms with E-state index >= 15 is 0 Å². The first-order valence-corrected chi connectivity index (χ1v) is 7.49. The van der Waals surface area contributed by atoms with Gasteiger partial charge in [-0.2, -0.15) is 5.10 Å². The number of para-hydroxylation sites is 1. The zero-order valence-corrected chi connectivity index (χ0v) is 12.7. The van der Waals surface area contributed by atoms with E-state index in [1.807, 2.05) is 37.5 Å². The van der Waals surface area contributed by atoms with E-state index in [2.05, 4.69) is 21.5 Å². The first-order chi connectivity index (χ1) is 10.7. The van der Waals surface area contributed by atoms with E-state index in [9.17, 15) is 0 Å². The smallest absolute Gasteiger partial charge is 0.189 e. The summed E-state index contributed by atoms with van der Waals surface area (Å²) in [5.74, 6) is 1.39. The quantitative estimate of drug-likeness (QED) is 0.660. The SMILES string of the molecule is Cn1ccc(CCN=C(N)NC2CCOc3ccccc32)n1. The van der Waals surface area contributed by atoms with Crippen molar-refractivity contribution in [3.05, 3.63) is 47.8 Å². The van der Waals surface area contributed by atoms with Crippen molar-refractivity contribution >= 4 is 5.96 Å². The Morgan fingerprint density at radius 2 is 2.32 bits per heavy atom. The lowest BCUT2D eigenvalue weighted by molar-refractivity contribution is 0.262. The van der Waals surface area contributed by atoms with E-state index in [-0.39, 0.29) is 6.04 Å². The molecule has 6 heteroatoms. The summed E-state index contributed by atoms with van der Waals surface area (Å²) in [5, 5.41) is 7.61. The molecule has 0 fully saturated rings. The average molecular weight is 299 g/mol. The number of nitrogens with zero attached hydrogens (tertiary/aromatic N) is 3. The van der Waals surface area contributed by atoms with Crippen molar-refractivity contribution in [3.8, 4) is 5.75 Å². The van der Waals surface area contributed by atoms with Gasteiger partial charge in [0, 0.05) is 38.2 Å². The van der Waals surface area contributed by atoms with E-state index in [0.717, 1.165) is 29.8 Å². The van der Waals surface area contributed by atoms with E-state index in [0.29, 0.717) is 19.1 Å². The van der Waals surface area contributed by atoms with E-state index in [1.54, 1.807) is 4.68 Å². The van der Waals surface area contributed by atoms with Crippen LogP contribution in [0.2, 0.25) is 0 Å². The van der Waals surface area contributed by atoms with Crippen molar-refractivity contribution in [3.63, 3.8) is 0 Å². The molecule has 1 unspecified atom stereocenters. The number of hydrogen-bond donors (Lipinski definition) is 2. The van der Waals surface area contributed by atoms with Crippen LogP contribution in [0.4, 0.5) is 0 Å². The monoisotopic (exact) mass is 299 g/mol. The Morgan fingerprint density at radius 1 is 1.45 bits per heavy atom. The number of fused-ring (bicyclic) bond motifs is 1. The lowest BCUT2D eigenvalue weighted by Crippen LogP contribution is -2.37. The lowest BCUT2D eigenvalue weighted by atomic mass is 10.0. The zero-order valence-electron chi connectivity index (χ0n) is 12.7. The first-order valence-electron chi connectivity index (χ1n) is 7.49. The van der Waals surface area contributed by atoms with Gasteiger partial charge in [-0.1, -0.05) is 18.2 Å². The van der Waals surface area contributed by atoms with E-state index in [4.69, 9.17) is 10.5 Å². The average Bonchev–Trinajstić information content (AvgIpc) is 2.93. The summed E-state index contributed by atoms with van der Waals surface area (Å²) in [6.45, 7) is 1.32. The van der Waals surface area contributed by atoms with Gasteiger partial charge < -0.3 is 15.8 Å². The molecule has 1 aliphatic rings. The topological polar surface area (TPSA) is 77.5 Å². The molecule has 0 amide bonds. The fourth-order valence-electron chi connectivity index (χ4n) is 2.60. The number of ether oxygens (including phenoxy) is 1. The summed E-state index contributed by atoms with van der Waals surface area (Å²) in [5.41, 5.74) is 8.16. The van der Waals surface area contributed by atoms with Crippen LogP contribution in [-0.4, -0.2) is 28.9 Å². The van der Waals surface area contributed by atoms with Gasteiger partial charge in [0.2, 0.25) is 0 Å². The maximum Gasteiger partial charge on any atom is 0.189 e. The van der Waals surface area contributed by atoms with Crippen molar-refractivity contribution in [2.45, 2.75) is 18.9 Å². The normalized spacial score (nSPS) is 17.7. The molecular weight excluding hydrogens is 278 g/mol. The minimum absolute atomic E-state index is 0.156. The van der Waals surface area contributed by atoms with E-state index < -0.39 is 0 Å². The van der Waals surface area contributed by atoms with Gasteiger partial charge in [-0.15, -0.1) is 0 Å². The maximum atomic E-state index is 6.00. The van der Waals surface area contributed by atoms with Gasteiger partial charge >= 0.3 is 0 Å². The van der Waals surface area contributed by atoms with Crippen molar-refractivity contribution in [1.82, 2.24) is 15.1 Å². The highest BCUT2D eigenvalue weighted by Gasteiger charge is 2.21. The number of guanidine groups is 1. The van der Waals surface area contributed by atoms with Crippen molar-refractivity contribution in [2.75, 3.05) is 13.2 Å². The molecule has 0 spiro atoms. The van der Waals surface area contributed by atoms with Gasteiger partial charge in [-0.05, 0) is 12.1 Å². The third-order valence-electron chi connectivity index (χ3n) is 3.70. The number of nitrogens with one attached hydrogen (secondary N) is 1. The molecule has 3 rings (SSSR count). The van der Waals surface area contributed by atoms with Gasteiger partial charge in [0.05, 0.1) is 18.3 Å². The number of hydrogen-bond acceptors (Lipinski definition) is 3. The maximum absolute atomic E-state index is 6.00. The van der Waals surface area contributed by atoms with Crippen LogP contribution in [0, 0.1) is 0 Å². The Labute approximate surface area is 130 Å². The van der Waals surface area contributed by atoms with Gasteiger partial charge in [-0.25, -0.2) is 0 Å². The molecule has 116 valence electrons. The third kappa shape index (κ3) is 3.39. The van der Waals surface area contributed by atoms with Crippen LogP contribution >= 0.6 is 0 Å². The zero-order chi connectivity index (χ0) is 15.4. The summed E-state index contributed by atoms with van der Waals surface area (Å²) in [7, 11) is 1.91. The second kappa shape index (κ2) is 6.51. The molecule has 0 saturated heterocycles. The Kier molecular flexibility index (Phi) is 4.27. The number of rotatable bonds is 4. The molecule has 6 nitrogen and oxygen atoms in total. The van der Waals surface area contributed by atoms with Crippen LogP contribution < -0.4 is 15.8 Å². The van der Waals surface area contributed by atoms with Crippen LogP contribution in [0.5, 0.6) is 5.75 Å². The Hall–Kier alpha value is -2.50. The minimum Gasteiger partial charge on any atom is -0.493 e. The number of nitrogens with two attached hydrogens (primary N) is 1. The summed E-state index contributed by atoms with van der Waals surface area (Å²) >= 11 is 0. The van der Waals surface area contributed by atoms with Crippen LogP contribution in [0.15, 0.2) is 41.5 Å². The molecule has 0 bridgehead atoms. The summed E-state index contributed by atoms with van der Waals surface area (Å²) in [4.78, 5) is 4.39. The molecule has 1 atom stereocenters. The molecule has 0 saturated carbocycles. The predicted octanol–water partition coefficient (Wildman–Crippen LogP) is 1.39. The fourth-order valence-corrected chi connectivity index (χ4v) is 2.60. The predicted molar refractivity (Wildman–Crippen MR) is 85.8 cm³/mol. The molecule has 2 aromatic rings. The minimum atomic E-state index is 0.156. The summed E-state index contributed by atoms with van der Waals surface area (Å²) in [6, 6.07) is 10.2. The number of aryl methyl sites for hydroxylation is 1. The van der Waals surface area contributed by atoms with Crippen LogP contribution in [-0.2, 0) is 13.5 Å². The van der Waals surface area contributed by atoms with Crippen LogP contribution in [0.1, 0.15) is 23.7 Å². The van der Waals surface area contributed by atoms with Crippen molar-refractivity contribution in [2.24, 2.45) is 17.8 Å². The standard InChI is InChI=1S/C16H21N5O/c1-21-10-7-12(20-21)6-9-18-16(17)19-14-8-11-22-15-5-3-2-4-13(14)15/h2-5,7,10,14H,6,8-9,11H2,1H3,(H3,17,18,19). The highest BCUT2D eigenvalue weighted by molar-refractivity contribution is 5.78. The summed E-state index contributed by atoms with van der Waals surface area (Å²) < 4.78 is 7.44. The molecule has 3 N–H and O–H groups in total. The molecule has 1 aliphatic heterocycles. The molecule has 0 radical (unpaired) electrons. The Bertz CT molecular complexity index is 664. The van der Waals surface area contributed by atoms with Gasteiger partial charge in [0.25, 0.3) is 0 Å². The molecule has 1 aromatic carbocycles. The third-order valence-corrected chi connectivity index (χ3v) is 3.70. The Morgan fingerprint density at radius 3 is 3.14 bits per heavy atom. The van der Waals surface area contributed by atoms with E-state index in [1.165, 1.54) is 0 Å². The number of aliphatic imine (C=N–C) groups is 1. The van der Waals surface area contributed by atoms with Crippen molar-refractivity contribution in [1.29, 1.82) is 0 Å². The van der Waals surface area contributed by atoms with Crippen molar-refractivity contribution < 1.29 is 4.74 Å². The van der Waals surface area contributed by atoms with Crippen LogP contribution in [0.3, 0.4) is 0 Å². The lowest BCUT2D eigenvalue weighted by Gasteiger charge is -2.26. The second-order valence-corrected chi connectivity index (χ2v) is 5.37. The highest BCUT2D eigenvalue weighted by Crippen LogP contribution is 2.31. The van der Waals surface area contributed by atoms with Gasteiger partial charge in [-0.3, -0.25) is 9.67 Å². The summed E-state index contributed by atoms with van der Waals surface area (Å²) in [6.07, 6.45) is 3.60. The first kappa shape index (κ1) is 14.4. The second-order valence-electron chi connectivity index (χ2n) is 5.37. The molecule has 1 aromatic heterocycles. The highest BCUT2D eigenvalue weighted by atomic mass is 16.5. The molecule has 22 heavy (non-hydrogen) atoms. The van der Waals surface area contributed by atoms with Crippen LogP contribution in [0.25, 0.3) is 0 Å². The molecule has 2 heterocycles. The Balaban J connectivity index is 1.57. The van der Waals surface area contributed by atoms with Gasteiger partial charge in [0.15, 0.2) is 5.96 Å². The number of benzene rings is 1. The largest absolute Gasteiger partial charge is 0.493 e. The number of aromatic nitrogens is 2. The fraction of sp³-hybridized carbons (Fsp3) is 0.375. The van der Waals surface area contributed by atoms with Gasteiger partial charge in [0.1, 0.15) is 5.75 Å². The molecular formula is C16H21N5O. The molecule has 0 aliphatic carbocycles.